The number of anilines is 1. The predicted octanol–water partition coefficient (Wildman–Crippen LogP) is 2.01. The van der Waals surface area contributed by atoms with Crippen molar-refractivity contribution < 1.29 is 9.72 Å². The van der Waals surface area contributed by atoms with E-state index >= 15 is 0 Å². The molecule has 23 heavy (non-hydrogen) atoms. The van der Waals surface area contributed by atoms with Crippen molar-refractivity contribution >= 4 is 29.7 Å². The smallest absolute Gasteiger partial charge is 0.292 e. The number of nitrogens with zero attached hydrogens (tertiary/aromatic N) is 2. The van der Waals surface area contributed by atoms with Crippen molar-refractivity contribution in [3.05, 3.63) is 34.4 Å². The van der Waals surface area contributed by atoms with Crippen LogP contribution in [0.15, 0.2) is 24.3 Å². The van der Waals surface area contributed by atoms with Gasteiger partial charge in [-0.3, -0.25) is 19.8 Å². The van der Waals surface area contributed by atoms with Gasteiger partial charge in [-0.2, -0.15) is 0 Å². The number of amides is 1. The van der Waals surface area contributed by atoms with Gasteiger partial charge in [0.25, 0.3) is 5.69 Å². The zero-order valence-corrected chi connectivity index (χ0v) is 14.1. The van der Waals surface area contributed by atoms with Crippen LogP contribution in [0, 0.1) is 15.5 Å². The van der Waals surface area contributed by atoms with Crippen LogP contribution in [0.1, 0.15) is 20.3 Å². The first-order valence-electron chi connectivity index (χ1n) is 7.35. The molecule has 0 bridgehead atoms. The number of hydrogen-bond acceptors (Lipinski definition) is 5. The highest BCUT2D eigenvalue weighted by Crippen LogP contribution is 2.30. The van der Waals surface area contributed by atoms with E-state index in [0.29, 0.717) is 6.54 Å². The van der Waals surface area contributed by atoms with E-state index in [1.54, 1.807) is 12.1 Å². The first-order chi connectivity index (χ1) is 10.4. The van der Waals surface area contributed by atoms with E-state index in [1.165, 1.54) is 12.1 Å². The monoisotopic (exact) mass is 342 g/mol. The van der Waals surface area contributed by atoms with E-state index in [-0.39, 0.29) is 41.1 Å². The standard InChI is InChI=1S/C15H22N4O3.ClH/c1-11(18-8-7-15(2,9-16)10-18)14(20)17-12-5-3-4-6-13(12)19(21)22;/h3-6,11H,7-10,16H2,1-2H3,(H,17,20);1H. The summed E-state index contributed by atoms with van der Waals surface area (Å²) in [6, 6.07) is 5.80. The number of carbonyl (C=O) groups excluding carboxylic acids is 1. The van der Waals surface area contributed by atoms with Crippen LogP contribution < -0.4 is 11.1 Å². The molecule has 0 aromatic heterocycles. The Morgan fingerprint density at radius 2 is 2.17 bits per heavy atom. The second-order valence-electron chi connectivity index (χ2n) is 6.17. The van der Waals surface area contributed by atoms with Crippen LogP contribution in [0.3, 0.4) is 0 Å². The number of benzene rings is 1. The Kier molecular flexibility index (Phi) is 6.49. The summed E-state index contributed by atoms with van der Waals surface area (Å²) >= 11 is 0. The Balaban J connectivity index is 0.00000264. The number of rotatable bonds is 5. The van der Waals surface area contributed by atoms with E-state index in [2.05, 4.69) is 17.1 Å². The quantitative estimate of drug-likeness (QED) is 0.629. The molecule has 7 nitrogen and oxygen atoms in total. The SMILES string of the molecule is CC(C(=O)Nc1ccccc1[N+](=O)[O-])N1CCC(C)(CN)C1.Cl. The van der Waals surface area contributed by atoms with Crippen LogP contribution in [-0.4, -0.2) is 41.4 Å². The van der Waals surface area contributed by atoms with Crippen molar-refractivity contribution in [1.82, 2.24) is 4.90 Å². The van der Waals surface area contributed by atoms with Gasteiger partial charge in [0.15, 0.2) is 0 Å². The summed E-state index contributed by atoms with van der Waals surface area (Å²) in [6.07, 6.45) is 0.951. The average molecular weight is 343 g/mol. The lowest BCUT2D eigenvalue weighted by Gasteiger charge is -2.26. The van der Waals surface area contributed by atoms with E-state index in [1.807, 2.05) is 6.92 Å². The van der Waals surface area contributed by atoms with E-state index in [4.69, 9.17) is 5.73 Å². The number of nitro groups is 1. The third kappa shape index (κ3) is 4.40. The van der Waals surface area contributed by atoms with Gasteiger partial charge in [0.05, 0.1) is 11.0 Å². The molecule has 2 atom stereocenters. The van der Waals surface area contributed by atoms with E-state index in [0.717, 1.165) is 19.5 Å². The summed E-state index contributed by atoms with van der Waals surface area (Å²) in [7, 11) is 0. The first kappa shape index (κ1) is 19.3. The number of halogens is 1. The molecule has 1 aliphatic heterocycles. The fraction of sp³-hybridized carbons (Fsp3) is 0.533. The average Bonchev–Trinajstić information content (AvgIpc) is 2.90. The molecule has 128 valence electrons. The maximum atomic E-state index is 12.4. The molecule has 0 saturated carbocycles. The topological polar surface area (TPSA) is 101 Å². The van der Waals surface area contributed by atoms with Crippen molar-refractivity contribution in [1.29, 1.82) is 0 Å². The summed E-state index contributed by atoms with van der Waals surface area (Å²) in [6.45, 7) is 6.07. The number of nitrogens with one attached hydrogen (secondary N) is 1. The molecule has 1 saturated heterocycles. The van der Waals surface area contributed by atoms with Crippen LogP contribution >= 0.6 is 12.4 Å². The number of carbonyl (C=O) groups is 1. The van der Waals surface area contributed by atoms with Crippen LogP contribution in [0.4, 0.5) is 11.4 Å². The fourth-order valence-electron chi connectivity index (χ4n) is 2.70. The maximum Gasteiger partial charge on any atom is 0.292 e. The first-order valence-corrected chi connectivity index (χ1v) is 7.35. The molecular weight excluding hydrogens is 320 g/mol. The molecule has 0 spiro atoms. The molecule has 1 amide bonds. The molecule has 1 aromatic carbocycles. The van der Waals surface area contributed by atoms with Gasteiger partial charge >= 0.3 is 0 Å². The van der Waals surface area contributed by atoms with Crippen LogP contribution in [0.2, 0.25) is 0 Å². The highest BCUT2D eigenvalue weighted by atomic mass is 35.5. The van der Waals surface area contributed by atoms with Crippen molar-refractivity contribution in [2.24, 2.45) is 11.1 Å². The lowest BCUT2D eigenvalue weighted by Crippen LogP contribution is -2.42. The summed E-state index contributed by atoms with van der Waals surface area (Å²) in [5, 5.41) is 13.6. The molecule has 1 aromatic rings. The van der Waals surface area contributed by atoms with Crippen LogP contribution in [0.25, 0.3) is 0 Å². The Bertz CT molecular complexity index is 584. The summed E-state index contributed by atoms with van der Waals surface area (Å²) in [5.41, 5.74) is 5.94. The van der Waals surface area contributed by atoms with Gasteiger partial charge < -0.3 is 11.1 Å². The van der Waals surface area contributed by atoms with E-state index < -0.39 is 4.92 Å². The number of nitrogens with two attached hydrogens (primary N) is 1. The molecule has 2 rings (SSSR count). The molecule has 2 unspecified atom stereocenters. The highest BCUT2D eigenvalue weighted by molar-refractivity contribution is 5.96. The van der Waals surface area contributed by atoms with Crippen molar-refractivity contribution in [2.45, 2.75) is 26.3 Å². The van der Waals surface area contributed by atoms with Gasteiger partial charge in [0.2, 0.25) is 5.91 Å². The van der Waals surface area contributed by atoms with Gasteiger partial charge in [-0.25, -0.2) is 0 Å². The number of para-hydroxylation sites is 2. The van der Waals surface area contributed by atoms with Crippen molar-refractivity contribution in [3.63, 3.8) is 0 Å². The summed E-state index contributed by atoms with van der Waals surface area (Å²) < 4.78 is 0. The third-order valence-electron chi connectivity index (χ3n) is 4.37. The molecule has 1 aliphatic rings. The molecule has 0 aliphatic carbocycles. The lowest BCUT2D eigenvalue weighted by molar-refractivity contribution is -0.383. The van der Waals surface area contributed by atoms with Gasteiger partial charge in [0.1, 0.15) is 5.69 Å². The molecule has 1 fully saturated rings. The Hall–Kier alpha value is -1.70. The van der Waals surface area contributed by atoms with Crippen LogP contribution in [-0.2, 0) is 4.79 Å². The predicted molar refractivity (Wildman–Crippen MR) is 91.8 cm³/mol. The van der Waals surface area contributed by atoms with Crippen molar-refractivity contribution in [2.75, 3.05) is 25.0 Å². The number of hydrogen-bond donors (Lipinski definition) is 2. The van der Waals surface area contributed by atoms with Crippen LogP contribution in [0.5, 0.6) is 0 Å². The fourth-order valence-corrected chi connectivity index (χ4v) is 2.70. The highest BCUT2D eigenvalue weighted by Gasteiger charge is 2.36. The zero-order valence-electron chi connectivity index (χ0n) is 13.3. The normalized spacial score (nSPS) is 22.2. The molecule has 8 heteroatoms. The van der Waals surface area contributed by atoms with Gasteiger partial charge in [-0.1, -0.05) is 19.1 Å². The lowest BCUT2D eigenvalue weighted by atomic mass is 9.90. The largest absolute Gasteiger partial charge is 0.330 e. The summed E-state index contributed by atoms with van der Waals surface area (Å²) in [4.78, 5) is 24.9. The minimum absolute atomic E-state index is 0. The second kappa shape index (κ2) is 7.72. The minimum Gasteiger partial charge on any atom is -0.330 e. The van der Waals surface area contributed by atoms with Gasteiger partial charge in [-0.05, 0) is 37.9 Å². The maximum absolute atomic E-state index is 12.4. The van der Waals surface area contributed by atoms with Gasteiger partial charge in [0, 0.05) is 12.6 Å². The van der Waals surface area contributed by atoms with E-state index in [9.17, 15) is 14.9 Å². The second-order valence-corrected chi connectivity index (χ2v) is 6.17. The Labute approximate surface area is 141 Å². The minimum atomic E-state index is -0.498. The molecule has 0 radical (unpaired) electrons. The summed E-state index contributed by atoms with van der Waals surface area (Å²) in [5.74, 6) is -0.240. The zero-order chi connectivity index (χ0) is 16.3. The Morgan fingerprint density at radius 1 is 1.52 bits per heavy atom. The molecule has 1 heterocycles. The molecule has 3 N–H and O–H groups in total. The van der Waals surface area contributed by atoms with Gasteiger partial charge in [-0.15, -0.1) is 12.4 Å². The number of nitro benzene ring substituents is 1. The Morgan fingerprint density at radius 3 is 2.74 bits per heavy atom. The van der Waals surface area contributed by atoms with Crippen molar-refractivity contribution in [3.8, 4) is 0 Å². The third-order valence-corrected chi connectivity index (χ3v) is 4.37. The molecular formula is C15H23ClN4O3. The number of likely N-dealkylation sites (tertiary alicyclic amines) is 1.